The maximum atomic E-state index is 13.4. The lowest BCUT2D eigenvalue weighted by Crippen LogP contribution is -2.11. The Kier molecular flexibility index (Phi) is 6.72. The Morgan fingerprint density at radius 2 is 1.69 bits per heavy atom. The van der Waals surface area contributed by atoms with Gasteiger partial charge in [0.25, 0.3) is 0 Å². The van der Waals surface area contributed by atoms with E-state index in [1.165, 1.54) is 30.5 Å². The van der Waals surface area contributed by atoms with Crippen LogP contribution in [-0.2, 0) is 9.59 Å². The number of carbonyl (C=O) groups excluding carboxylic acids is 2. The number of hydrogen-bond acceptors (Lipinski definition) is 8. The largest absolute Gasteiger partial charge is 0.453 e. The predicted octanol–water partition coefficient (Wildman–Crippen LogP) is 5.69. The molecule has 0 spiro atoms. The van der Waals surface area contributed by atoms with Crippen LogP contribution in [0.15, 0.2) is 56.8 Å². The average molecular weight is 517 g/mol. The van der Waals surface area contributed by atoms with Gasteiger partial charge in [0.2, 0.25) is 5.43 Å². The molecule has 11 heteroatoms. The van der Waals surface area contributed by atoms with E-state index in [-0.39, 0.29) is 43.5 Å². The summed E-state index contributed by atoms with van der Waals surface area (Å²) >= 11 is 12.7. The first kappa shape index (κ1) is 24.2. The lowest BCUT2D eigenvalue weighted by Gasteiger charge is -2.14. The maximum absolute atomic E-state index is 13.4. The number of anilines is 1. The summed E-state index contributed by atoms with van der Waals surface area (Å²) in [5.41, 5.74) is 2.76. The first-order valence-corrected chi connectivity index (χ1v) is 10.7. The molecule has 0 aliphatic heterocycles. The number of esters is 2. The highest BCUT2D eigenvalue weighted by atomic mass is 35.5. The molecule has 0 atom stereocenters. The molecule has 8 nitrogen and oxygen atoms in total. The lowest BCUT2D eigenvalue weighted by atomic mass is 10.1. The molecule has 0 unspecified atom stereocenters. The molecule has 0 aliphatic carbocycles. The van der Waals surface area contributed by atoms with Crippen molar-refractivity contribution in [3.63, 3.8) is 0 Å². The lowest BCUT2D eigenvalue weighted by molar-refractivity contribution is -0.132. The normalized spacial score (nSPS) is 11.2. The van der Waals surface area contributed by atoms with Gasteiger partial charge >= 0.3 is 11.9 Å². The zero-order valence-electron chi connectivity index (χ0n) is 18.1. The molecule has 3 aromatic carbocycles. The summed E-state index contributed by atoms with van der Waals surface area (Å²) in [6, 6.07) is 10.4. The molecule has 4 aromatic rings. The van der Waals surface area contributed by atoms with Gasteiger partial charge in [-0.05, 0) is 30.3 Å². The first-order valence-electron chi connectivity index (χ1n) is 9.99. The van der Waals surface area contributed by atoms with Gasteiger partial charge in [0.1, 0.15) is 26.8 Å². The summed E-state index contributed by atoms with van der Waals surface area (Å²) in [7, 11) is 0. The van der Waals surface area contributed by atoms with Crippen molar-refractivity contribution in [1.82, 2.24) is 0 Å². The van der Waals surface area contributed by atoms with Crippen molar-refractivity contribution >= 4 is 69.0 Å². The fourth-order valence-electron chi connectivity index (χ4n) is 3.32. The van der Waals surface area contributed by atoms with E-state index in [0.29, 0.717) is 11.3 Å². The molecule has 1 heterocycles. The molecule has 1 aromatic heterocycles. The average Bonchev–Trinajstić information content (AvgIpc) is 2.80. The number of ether oxygens (including phenoxy) is 2. The molecule has 0 aliphatic rings. The minimum absolute atomic E-state index is 0.0987. The summed E-state index contributed by atoms with van der Waals surface area (Å²) in [5.74, 6) is -2.63. The van der Waals surface area contributed by atoms with Gasteiger partial charge in [-0.15, -0.1) is 0 Å². The highest BCUT2D eigenvalue weighted by Gasteiger charge is 2.27. The van der Waals surface area contributed by atoms with Crippen LogP contribution in [0.3, 0.4) is 0 Å². The molecular formula is C24H15Cl2FN2O6. The van der Waals surface area contributed by atoms with Crippen LogP contribution >= 0.6 is 23.2 Å². The van der Waals surface area contributed by atoms with Crippen molar-refractivity contribution < 1.29 is 27.9 Å². The molecule has 0 saturated carbocycles. The number of hydrazone groups is 1. The second-order valence-corrected chi connectivity index (χ2v) is 7.97. The number of hydrogen-bond donors (Lipinski definition) is 1. The number of benzene rings is 3. The van der Waals surface area contributed by atoms with Gasteiger partial charge in [0.15, 0.2) is 17.1 Å². The zero-order chi connectivity index (χ0) is 25.3. The monoisotopic (exact) mass is 516 g/mol. The van der Waals surface area contributed by atoms with Crippen LogP contribution in [0.25, 0.3) is 21.9 Å². The fraction of sp³-hybridized carbons (Fsp3) is 0.0833. The van der Waals surface area contributed by atoms with E-state index in [1.54, 1.807) is 18.2 Å². The molecule has 0 radical (unpaired) electrons. The van der Waals surface area contributed by atoms with Gasteiger partial charge in [-0.3, -0.25) is 19.8 Å². The van der Waals surface area contributed by atoms with E-state index in [0.717, 1.165) is 13.8 Å². The second kappa shape index (κ2) is 9.73. The number of para-hydroxylation sites is 1. The van der Waals surface area contributed by atoms with E-state index in [9.17, 15) is 18.8 Å². The molecule has 35 heavy (non-hydrogen) atoms. The van der Waals surface area contributed by atoms with Crippen LogP contribution in [-0.4, -0.2) is 18.2 Å². The van der Waals surface area contributed by atoms with Gasteiger partial charge in [-0.2, -0.15) is 5.10 Å². The van der Waals surface area contributed by atoms with Crippen LogP contribution in [0, 0.1) is 5.82 Å². The van der Waals surface area contributed by atoms with Gasteiger partial charge < -0.3 is 13.9 Å². The van der Waals surface area contributed by atoms with Crippen LogP contribution < -0.4 is 20.3 Å². The Labute approximate surface area is 206 Å². The SMILES string of the molecule is CC(=O)Oc1c(Cl)c(OC(C)=O)c2c(=O)c3cccc(/C=N\Nc4cccc(F)c4)c3oc2c1Cl. The summed E-state index contributed by atoms with van der Waals surface area (Å²) in [6.07, 6.45) is 1.37. The van der Waals surface area contributed by atoms with Gasteiger partial charge in [0, 0.05) is 19.4 Å². The van der Waals surface area contributed by atoms with Crippen molar-refractivity contribution in [3.8, 4) is 11.5 Å². The number of halogens is 3. The third kappa shape index (κ3) is 4.82. The fourth-order valence-corrected chi connectivity index (χ4v) is 3.90. The summed E-state index contributed by atoms with van der Waals surface area (Å²) < 4.78 is 29.6. The van der Waals surface area contributed by atoms with Crippen molar-refractivity contribution in [2.24, 2.45) is 5.10 Å². The Morgan fingerprint density at radius 1 is 1.00 bits per heavy atom. The van der Waals surface area contributed by atoms with E-state index in [2.05, 4.69) is 10.5 Å². The molecule has 178 valence electrons. The third-order valence-corrected chi connectivity index (χ3v) is 5.37. The molecular weight excluding hydrogens is 502 g/mol. The number of nitrogens with zero attached hydrogens (tertiary/aromatic N) is 1. The van der Waals surface area contributed by atoms with Gasteiger partial charge in [-0.1, -0.05) is 35.3 Å². The molecule has 1 N–H and O–H groups in total. The number of carbonyl (C=O) groups is 2. The van der Waals surface area contributed by atoms with Crippen molar-refractivity contribution in [2.45, 2.75) is 13.8 Å². The third-order valence-electron chi connectivity index (χ3n) is 4.69. The highest BCUT2D eigenvalue weighted by Crippen LogP contribution is 2.47. The van der Waals surface area contributed by atoms with Crippen LogP contribution in [0.4, 0.5) is 10.1 Å². The molecule has 0 saturated heterocycles. The van der Waals surface area contributed by atoms with Crippen molar-refractivity contribution in [3.05, 3.63) is 74.1 Å². The minimum Gasteiger partial charge on any atom is -0.453 e. The topological polar surface area (TPSA) is 107 Å². The van der Waals surface area contributed by atoms with Crippen LogP contribution in [0.2, 0.25) is 10.0 Å². The highest BCUT2D eigenvalue weighted by molar-refractivity contribution is 6.42. The number of nitrogens with one attached hydrogen (secondary N) is 1. The summed E-state index contributed by atoms with van der Waals surface area (Å²) in [6.45, 7) is 2.24. The molecule has 4 rings (SSSR count). The summed E-state index contributed by atoms with van der Waals surface area (Å²) in [5, 5.41) is 3.38. The van der Waals surface area contributed by atoms with Crippen molar-refractivity contribution in [1.29, 1.82) is 0 Å². The van der Waals surface area contributed by atoms with Gasteiger partial charge in [-0.25, -0.2) is 4.39 Å². The van der Waals surface area contributed by atoms with E-state index in [1.807, 2.05) is 0 Å². The first-order chi connectivity index (χ1) is 16.7. The zero-order valence-corrected chi connectivity index (χ0v) is 19.7. The maximum Gasteiger partial charge on any atom is 0.308 e. The van der Waals surface area contributed by atoms with E-state index in [4.69, 9.17) is 37.1 Å². The smallest absolute Gasteiger partial charge is 0.308 e. The van der Waals surface area contributed by atoms with Crippen LogP contribution in [0.5, 0.6) is 11.5 Å². The van der Waals surface area contributed by atoms with Gasteiger partial charge in [0.05, 0.1) is 17.3 Å². The Morgan fingerprint density at radius 3 is 2.37 bits per heavy atom. The van der Waals surface area contributed by atoms with Crippen molar-refractivity contribution in [2.75, 3.05) is 5.43 Å². The van der Waals surface area contributed by atoms with E-state index >= 15 is 0 Å². The molecule has 0 bridgehead atoms. The Hall–Kier alpha value is -3.95. The van der Waals surface area contributed by atoms with Crippen LogP contribution in [0.1, 0.15) is 19.4 Å². The number of fused-ring (bicyclic) bond motifs is 2. The predicted molar refractivity (Wildman–Crippen MR) is 130 cm³/mol. The van der Waals surface area contributed by atoms with E-state index < -0.39 is 23.2 Å². The molecule has 0 fully saturated rings. The quantitative estimate of drug-likeness (QED) is 0.119. The Balaban J connectivity index is 1.95. The Bertz CT molecular complexity index is 1600. The second-order valence-electron chi connectivity index (χ2n) is 7.21. The standard InChI is InChI=1S/C24H15Cl2FN2O6/c1-11(30)33-22-17-20(32)16-8-3-5-13(10-28-29-15-7-4-6-14(27)9-15)21(16)35-23(17)19(26)24(18(22)25)34-12(2)31/h3-10,29H,1-2H3/b28-10-. The summed E-state index contributed by atoms with van der Waals surface area (Å²) in [4.78, 5) is 36.7. The minimum atomic E-state index is -0.770. The molecule has 0 amide bonds. The number of rotatable bonds is 5.